The first kappa shape index (κ1) is 29.9. The monoisotopic (exact) mass is 595 g/mol. The summed E-state index contributed by atoms with van der Waals surface area (Å²) in [5, 5.41) is 13.8. The van der Waals surface area contributed by atoms with Crippen LogP contribution in [0.2, 0.25) is 0 Å². The fourth-order valence-electron chi connectivity index (χ4n) is 4.00. The zero-order valence-corrected chi connectivity index (χ0v) is 23.2. The van der Waals surface area contributed by atoms with E-state index < -0.39 is 34.5 Å². The van der Waals surface area contributed by atoms with Crippen molar-refractivity contribution in [3.05, 3.63) is 84.4 Å². The maximum absolute atomic E-state index is 13.0. The van der Waals surface area contributed by atoms with E-state index in [-0.39, 0.29) is 54.8 Å². The molecule has 0 aliphatic carbocycles. The molecule has 1 heterocycles. The summed E-state index contributed by atoms with van der Waals surface area (Å²) in [5.41, 5.74) is 0.358. The Balaban J connectivity index is 1.26. The number of hydrogen-bond donors (Lipinski definition) is 4. The summed E-state index contributed by atoms with van der Waals surface area (Å²) in [5.74, 6) is -0.723. The van der Waals surface area contributed by atoms with Crippen LogP contribution >= 0.6 is 0 Å². The molecule has 220 valence electrons. The van der Waals surface area contributed by atoms with Crippen LogP contribution in [0.4, 0.5) is 10.5 Å². The van der Waals surface area contributed by atoms with Crippen LogP contribution in [0, 0.1) is 0 Å². The van der Waals surface area contributed by atoms with Crippen molar-refractivity contribution in [3.63, 3.8) is 0 Å². The average molecular weight is 596 g/mol. The van der Waals surface area contributed by atoms with Crippen molar-refractivity contribution in [2.75, 3.05) is 44.0 Å². The van der Waals surface area contributed by atoms with Crippen molar-refractivity contribution in [1.29, 1.82) is 0 Å². The second-order valence-corrected chi connectivity index (χ2v) is 10.8. The molecule has 4 amide bonds. The minimum atomic E-state index is -4.02. The molecule has 0 bridgehead atoms. The number of ether oxygens (including phenoxy) is 1. The molecule has 0 saturated carbocycles. The zero-order chi connectivity index (χ0) is 30.1. The Kier molecular flexibility index (Phi) is 9.60. The Morgan fingerprint density at radius 3 is 2.05 bits per heavy atom. The summed E-state index contributed by atoms with van der Waals surface area (Å²) < 4.78 is 34.3. The van der Waals surface area contributed by atoms with Crippen LogP contribution in [0.5, 0.6) is 11.5 Å². The zero-order valence-electron chi connectivity index (χ0n) is 22.4. The summed E-state index contributed by atoms with van der Waals surface area (Å²) >= 11 is 0. The number of piperazine rings is 1. The second kappa shape index (κ2) is 13.5. The smallest absolute Gasteiger partial charge is 0.407 e. The van der Waals surface area contributed by atoms with Gasteiger partial charge in [-0.25, -0.2) is 13.2 Å². The Morgan fingerprint density at radius 1 is 0.762 bits per heavy atom. The molecule has 3 aromatic rings. The predicted molar refractivity (Wildman–Crippen MR) is 152 cm³/mol. The van der Waals surface area contributed by atoms with Crippen molar-refractivity contribution < 1.29 is 37.4 Å². The third-order valence-electron chi connectivity index (χ3n) is 6.28. The summed E-state index contributed by atoms with van der Waals surface area (Å²) in [6, 6.07) is 20.6. The number of nitrogens with zero attached hydrogens (tertiary/aromatic N) is 2. The molecule has 0 atom stereocenters. The van der Waals surface area contributed by atoms with E-state index in [1.807, 2.05) is 6.07 Å². The number of carbonyl (C=O) groups is 4. The number of carbonyl (C=O) groups excluding carboxylic acids is 3. The number of carboxylic acid groups (broad SMARTS) is 1. The van der Waals surface area contributed by atoms with E-state index in [2.05, 4.69) is 15.4 Å². The third kappa shape index (κ3) is 7.97. The van der Waals surface area contributed by atoms with Crippen LogP contribution in [-0.2, 0) is 19.6 Å². The fourth-order valence-corrected chi connectivity index (χ4v) is 5.07. The maximum atomic E-state index is 13.0. The van der Waals surface area contributed by atoms with Crippen LogP contribution in [0.15, 0.2) is 83.8 Å². The first-order valence-corrected chi connectivity index (χ1v) is 14.4. The van der Waals surface area contributed by atoms with Gasteiger partial charge in [0.2, 0.25) is 11.8 Å². The summed E-state index contributed by atoms with van der Waals surface area (Å²) in [7, 11) is -4.02. The van der Waals surface area contributed by atoms with Crippen molar-refractivity contribution in [2.45, 2.75) is 4.90 Å². The number of hydrogen-bond acceptors (Lipinski definition) is 7. The minimum Gasteiger partial charge on any atom is -0.465 e. The number of rotatable bonds is 10. The van der Waals surface area contributed by atoms with Gasteiger partial charge in [-0.1, -0.05) is 30.3 Å². The van der Waals surface area contributed by atoms with Crippen LogP contribution in [-0.4, -0.2) is 86.4 Å². The highest BCUT2D eigenvalue weighted by Gasteiger charge is 2.24. The molecule has 13 nitrogen and oxygen atoms in total. The van der Waals surface area contributed by atoms with E-state index in [9.17, 15) is 27.6 Å². The summed E-state index contributed by atoms with van der Waals surface area (Å²) in [6.45, 7) is 0.147. The van der Waals surface area contributed by atoms with E-state index in [0.29, 0.717) is 11.5 Å². The quantitative estimate of drug-likeness (QED) is 0.275. The maximum Gasteiger partial charge on any atom is 0.407 e. The van der Waals surface area contributed by atoms with Gasteiger partial charge in [0.1, 0.15) is 5.75 Å². The fraction of sp³-hybridized carbons (Fsp3) is 0.214. The Labute approximate surface area is 242 Å². The van der Waals surface area contributed by atoms with Crippen LogP contribution in [0.3, 0.4) is 0 Å². The molecule has 3 aromatic carbocycles. The number of amides is 4. The molecule has 42 heavy (non-hydrogen) atoms. The van der Waals surface area contributed by atoms with Crippen molar-refractivity contribution >= 4 is 39.5 Å². The number of para-hydroxylation sites is 3. The van der Waals surface area contributed by atoms with Crippen molar-refractivity contribution in [2.24, 2.45) is 0 Å². The molecule has 0 aromatic heterocycles. The Morgan fingerprint density at radius 2 is 1.38 bits per heavy atom. The van der Waals surface area contributed by atoms with E-state index in [1.54, 1.807) is 48.5 Å². The lowest BCUT2D eigenvalue weighted by Crippen LogP contribution is -2.52. The van der Waals surface area contributed by atoms with Crippen LogP contribution < -0.4 is 20.1 Å². The molecule has 0 unspecified atom stereocenters. The number of benzene rings is 3. The Hall–Kier alpha value is -5.11. The van der Waals surface area contributed by atoms with E-state index >= 15 is 0 Å². The molecule has 1 aliphatic heterocycles. The molecule has 4 N–H and O–H groups in total. The van der Waals surface area contributed by atoms with Gasteiger partial charge in [-0.2, -0.15) is 0 Å². The van der Waals surface area contributed by atoms with E-state index in [1.165, 1.54) is 34.1 Å². The standard InChI is InChI=1S/C28H29N5O8S/c34-25(29-19-26(35)32-14-16-33(17-15-32)28(37)38)18-30-27(36)20-10-12-22(13-11-20)42(39,40)31-23-8-4-5-9-24(23)41-21-6-2-1-3-7-21/h1-13,31H,14-19H2,(H,29,34)(H,30,36)(H,37,38). The number of anilines is 1. The molecule has 0 spiro atoms. The van der Waals surface area contributed by atoms with E-state index in [4.69, 9.17) is 9.84 Å². The molecular weight excluding hydrogens is 566 g/mol. The van der Waals surface area contributed by atoms with E-state index in [0.717, 1.165) is 0 Å². The molecule has 4 rings (SSSR count). The highest BCUT2D eigenvalue weighted by Crippen LogP contribution is 2.30. The lowest BCUT2D eigenvalue weighted by molar-refractivity contribution is -0.133. The van der Waals surface area contributed by atoms with Gasteiger partial charge >= 0.3 is 6.09 Å². The molecule has 1 fully saturated rings. The molecule has 0 radical (unpaired) electrons. The van der Waals surface area contributed by atoms with Crippen LogP contribution in [0.1, 0.15) is 10.4 Å². The third-order valence-corrected chi connectivity index (χ3v) is 7.66. The van der Waals surface area contributed by atoms with Gasteiger partial charge in [0.25, 0.3) is 15.9 Å². The number of sulfonamides is 1. The summed E-state index contributed by atoms with van der Waals surface area (Å²) in [6.07, 6.45) is -1.05. The topological polar surface area (TPSA) is 174 Å². The van der Waals surface area contributed by atoms with Gasteiger partial charge in [0.15, 0.2) is 5.75 Å². The summed E-state index contributed by atoms with van der Waals surface area (Å²) in [4.78, 5) is 50.4. The van der Waals surface area contributed by atoms with Gasteiger partial charge in [0.05, 0.1) is 23.7 Å². The first-order chi connectivity index (χ1) is 20.1. The Bertz CT molecular complexity index is 1540. The van der Waals surface area contributed by atoms with Gasteiger partial charge in [0, 0.05) is 31.7 Å². The largest absolute Gasteiger partial charge is 0.465 e. The molecular formula is C28H29N5O8S. The first-order valence-electron chi connectivity index (χ1n) is 12.9. The number of nitrogens with one attached hydrogen (secondary N) is 3. The molecule has 1 saturated heterocycles. The highest BCUT2D eigenvalue weighted by atomic mass is 32.2. The van der Waals surface area contributed by atoms with Crippen molar-refractivity contribution in [1.82, 2.24) is 20.4 Å². The minimum absolute atomic E-state index is 0.0889. The van der Waals surface area contributed by atoms with Crippen molar-refractivity contribution in [3.8, 4) is 11.5 Å². The average Bonchev–Trinajstić information content (AvgIpc) is 3.00. The van der Waals surface area contributed by atoms with Gasteiger partial charge < -0.3 is 30.3 Å². The van der Waals surface area contributed by atoms with Crippen LogP contribution in [0.25, 0.3) is 0 Å². The van der Waals surface area contributed by atoms with Gasteiger partial charge in [-0.05, 0) is 48.5 Å². The normalized spacial score (nSPS) is 13.1. The SMILES string of the molecule is O=C(CNC(=O)c1ccc(S(=O)(=O)Nc2ccccc2Oc2ccccc2)cc1)NCC(=O)N1CCN(C(=O)O)CC1. The lowest BCUT2D eigenvalue weighted by atomic mass is 10.2. The second-order valence-electron chi connectivity index (χ2n) is 9.15. The molecule has 14 heteroatoms. The van der Waals surface area contributed by atoms with Gasteiger partial charge in [-0.3, -0.25) is 19.1 Å². The predicted octanol–water partition coefficient (Wildman–Crippen LogP) is 1.95. The van der Waals surface area contributed by atoms with Gasteiger partial charge in [-0.15, -0.1) is 0 Å². The highest BCUT2D eigenvalue weighted by molar-refractivity contribution is 7.92. The molecule has 1 aliphatic rings. The lowest BCUT2D eigenvalue weighted by Gasteiger charge is -2.33.